The van der Waals surface area contributed by atoms with E-state index in [1.165, 1.54) is 29.4 Å². The molecule has 184 valence electrons. The lowest BCUT2D eigenvalue weighted by atomic mass is 10.1. The van der Waals surface area contributed by atoms with Crippen molar-refractivity contribution in [1.82, 2.24) is 14.9 Å². The van der Waals surface area contributed by atoms with Crippen molar-refractivity contribution in [2.75, 3.05) is 19.3 Å². The van der Waals surface area contributed by atoms with E-state index in [2.05, 4.69) is 9.97 Å². The number of carbonyl (C=O) groups excluding carboxylic acids is 1. The maximum Gasteiger partial charge on any atom is 0.253 e. The fourth-order valence-electron chi connectivity index (χ4n) is 4.04. The van der Waals surface area contributed by atoms with Gasteiger partial charge in [0.1, 0.15) is 22.9 Å². The summed E-state index contributed by atoms with van der Waals surface area (Å²) in [4.78, 5) is 24.2. The van der Waals surface area contributed by atoms with Gasteiger partial charge in [0.15, 0.2) is 0 Å². The molecule has 3 heterocycles. The molecule has 1 amide bonds. The highest BCUT2D eigenvalue weighted by Crippen LogP contribution is 2.38. The van der Waals surface area contributed by atoms with E-state index in [4.69, 9.17) is 4.74 Å². The van der Waals surface area contributed by atoms with Gasteiger partial charge in [-0.15, -0.1) is 23.1 Å². The van der Waals surface area contributed by atoms with Crippen LogP contribution in [0.1, 0.15) is 23.2 Å². The van der Waals surface area contributed by atoms with E-state index in [0.717, 1.165) is 28.0 Å². The van der Waals surface area contributed by atoms with E-state index >= 15 is 0 Å². The number of fused-ring (bicyclic) bond motifs is 1. The molecule has 35 heavy (non-hydrogen) atoms. The number of likely N-dealkylation sites (tertiary alicyclic amines) is 1. The summed E-state index contributed by atoms with van der Waals surface area (Å²) < 4.78 is 21.8. The molecule has 2 aromatic carbocycles. The Morgan fingerprint density at radius 1 is 1.09 bits per heavy atom. The first-order chi connectivity index (χ1) is 16.1. The molecule has 0 spiro atoms. The Bertz CT molecular complexity index is 1290. The van der Waals surface area contributed by atoms with Crippen LogP contribution >= 0.6 is 23.1 Å². The van der Waals surface area contributed by atoms with Gasteiger partial charge < -0.3 is 20.6 Å². The molecule has 2 aromatic heterocycles. The van der Waals surface area contributed by atoms with Crippen molar-refractivity contribution in [3.8, 4) is 17.0 Å². The van der Waals surface area contributed by atoms with Gasteiger partial charge in [-0.05, 0) is 30.5 Å². The van der Waals surface area contributed by atoms with Crippen LogP contribution in [0.5, 0.6) is 5.88 Å². The molecule has 0 aliphatic carbocycles. The Morgan fingerprint density at radius 2 is 1.83 bits per heavy atom. The molecular formula is C25H26FN3O4S2. The first-order valence-electron chi connectivity index (χ1n) is 10.7. The number of piperidine rings is 1. The second-order valence-corrected chi connectivity index (χ2v) is 9.59. The summed E-state index contributed by atoms with van der Waals surface area (Å²) in [5.74, 6) is 0.305. The number of thioether (sulfide) groups is 1. The number of hydrogen-bond acceptors (Lipinski definition) is 6. The largest absolute Gasteiger partial charge is 0.473 e. The quantitative estimate of drug-likeness (QED) is 0.368. The molecular weight excluding hydrogens is 489 g/mol. The minimum atomic E-state index is -0.266. The van der Waals surface area contributed by atoms with Crippen molar-refractivity contribution in [2.24, 2.45) is 0 Å². The van der Waals surface area contributed by atoms with E-state index in [1.54, 1.807) is 12.1 Å². The van der Waals surface area contributed by atoms with Gasteiger partial charge >= 0.3 is 0 Å². The summed E-state index contributed by atoms with van der Waals surface area (Å²) in [6.45, 7) is 1.27. The van der Waals surface area contributed by atoms with E-state index in [9.17, 15) is 9.18 Å². The number of ether oxygens (including phenoxy) is 1. The van der Waals surface area contributed by atoms with Crippen molar-refractivity contribution in [1.29, 1.82) is 0 Å². The zero-order valence-electron chi connectivity index (χ0n) is 19.0. The van der Waals surface area contributed by atoms with Crippen LogP contribution in [0, 0.1) is 5.82 Å². The van der Waals surface area contributed by atoms with Gasteiger partial charge in [-0.25, -0.2) is 14.4 Å². The van der Waals surface area contributed by atoms with E-state index < -0.39 is 0 Å². The Balaban J connectivity index is 0.00000171. The van der Waals surface area contributed by atoms with Gasteiger partial charge in [-0.2, -0.15) is 0 Å². The van der Waals surface area contributed by atoms with Gasteiger partial charge in [0.25, 0.3) is 5.91 Å². The number of aromatic nitrogens is 2. The number of halogens is 1. The number of hydrogen-bond donors (Lipinski definition) is 0. The number of amides is 1. The van der Waals surface area contributed by atoms with Crippen molar-refractivity contribution in [3.63, 3.8) is 0 Å². The van der Waals surface area contributed by atoms with Crippen LogP contribution in [0.3, 0.4) is 0 Å². The molecule has 0 atom stereocenters. The summed E-state index contributed by atoms with van der Waals surface area (Å²) in [7, 11) is 0. The predicted octanol–water partition coefficient (Wildman–Crippen LogP) is 4.25. The molecule has 1 fully saturated rings. The highest BCUT2D eigenvalue weighted by molar-refractivity contribution is 7.98. The summed E-state index contributed by atoms with van der Waals surface area (Å²) >= 11 is 2.97. The molecule has 4 N–H and O–H groups in total. The van der Waals surface area contributed by atoms with Crippen LogP contribution in [0.4, 0.5) is 4.39 Å². The molecule has 0 bridgehead atoms. The molecule has 0 unspecified atom stereocenters. The molecule has 5 rings (SSSR count). The van der Waals surface area contributed by atoms with Crippen molar-refractivity contribution >= 4 is 39.2 Å². The second-order valence-electron chi connectivity index (χ2n) is 7.83. The van der Waals surface area contributed by atoms with E-state index in [-0.39, 0.29) is 28.8 Å². The maximum absolute atomic E-state index is 14.7. The first kappa shape index (κ1) is 26.6. The van der Waals surface area contributed by atoms with E-state index in [1.807, 2.05) is 52.9 Å². The van der Waals surface area contributed by atoms with Gasteiger partial charge in [0.05, 0.1) is 5.52 Å². The summed E-state index contributed by atoms with van der Waals surface area (Å²) in [6.07, 6.45) is 4.81. The number of thiophene rings is 1. The summed E-state index contributed by atoms with van der Waals surface area (Å²) in [5, 5.41) is 1.91. The summed E-state index contributed by atoms with van der Waals surface area (Å²) in [6, 6.07) is 14.6. The van der Waals surface area contributed by atoms with Crippen LogP contribution in [0.15, 0.2) is 65.1 Å². The number of benzene rings is 2. The predicted molar refractivity (Wildman–Crippen MR) is 138 cm³/mol. The molecule has 10 heteroatoms. The molecule has 1 saturated heterocycles. The Kier molecular flexibility index (Phi) is 8.79. The molecule has 1 aliphatic rings. The minimum absolute atomic E-state index is 0. The Labute approximate surface area is 210 Å². The lowest BCUT2D eigenvalue weighted by molar-refractivity contribution is 0.0591. The van der Waals surface area contributed by atoms with Gasteiger partial charge in [0, 0.05) is 52.9 Å². The molecule has 0 saturated carbocycles. The molecule has 0 radical (unpaired) electrons. The third-order valence-corrected chi connectivity index (χ3v) is 7.50. The normalized spacial score (nSPS) is 13.7. The van der Waals surface area contributed by atoms with Crippen LogP contribution in [0.2, 0.25) is 0 Å². The first-order valence-corrected chi connectivity index (χ1v) is 12.8. The fourth-order valence-corrected chi connectivity index (χ4v) is 5.42. The molecule has 1 aliphatic heterocycles. The van der Waals surface area contributed by atoms with Crippen LogP contribution in [-0.4, -0.2) is 57.2 Å². The Hall–Kier alpha value is -3.05. The standard InChI is InChI=1S/C25H22FN3O2S2.2H2O/c1-32-18-7-8-19(21(26)13-18)20-14-33-23-22(20)27-15-28-24(23)31-17-9-11-29(12-10-17)25(30)16-5-3-2-4-6-16;;/h2-8,13-15,17H,9-12H2,1H3;2*1H2. The zero-order chi connectivity index (χ0) is 22.8. The average Bonchev–Trinajstić information content (AvgIpc) is 3.29. The van der Waals surface area contributed by atoms with Gasteiger partial charge in [-0.3, -0.25) is 4.79 Å². The highest BCUT2D eigenvalue weighted by Gasteiger charge is 2.26. The van der Waals surface area contributed by atoms with E-state index in [0.29, 0.717) is 35.6 Å². The number of nitrogens with zero attached hydrogens (tertiary/aromatic N) is 3. The zero-order valence-corrected chi connectivity index (χ0v) is 20.7. The average molecular weight is 516 g/mol. The topological polar surface area (TPSA) is 118 Å². The van der Waals surface area contributed by atoms with Crippen molar-refractivity contribution in [2.45, 2.75) is 23.8 Å². The Morgan fingerprint density at radius 3 is 2.51 bits per heavy atom. The lowest BCUT2D eigenvalue weighted by Crippen LogP contribution is -2.41. The fraction of sp³-hybridized carbons (Fsp3) is 0.240. The number of rotatable bonds is 5. The maximum atomic E-state index is 14.7. The second kappa shape index (κ2) is 11.6. The molecule has 7 nitrogen and oxygen atoms in total. The van der Waals surface area contributed by atoms with Gasteiger partial charge in [-0.1, -0.05) is 24.3 Å². The monoisotopic (exact) mass is 515 g/mol. The smallest absolute Gasteiger partial charge is 0.253 e. The minimum Gasteiger partial charge on any atom is -0.473 e. The number of carbonyl (C=O) groups is 1. The SMILES string of the molecule is CSc1ccc(-c2csc3c(OC4CCN(C(=O)c5ccccc5)CC4)ncnc23)c(F)c1.O.O. The van der Waals surface area contributed by atoms with Crippen LogP contribution in [-0.2, 0) is 0 Å². The molecule has 4 aromatic rings. The van der Waals surface area contributed by atoms with Crippen LogP contribution in [0.25, 0.3) is 21.3 Å². The van der Waals surface area contributed by atoms with Crippen LogP contribution < -0.4 is 4.74 Å². The third kappa shape index (κ3) is 5.46. The van der Waals surface area contributed by atoms with Crippen molar-refractivity contribution < 1.29 is 24.9 Å². The van der Waals surface area contributed by atoms with Gasteiger partial charge in [0.2, 0.25) is 5.88 Å². The third-order valence-electron chi connectivity index (χ3n) is 5.82. The highest BCUT2D eigenvalue weighted by atomic mass is 32.2. The summed E-state index contributed by atoms with van der Waals surface area (Å²) in [5.41, 5.74) is 2.67. The lowest BCUT2D eigenvalue weighted by Gasteiger charge is -2.32. The van der Waals surface area contributed by atoms with Crippen molar-refractivity contribution in [3.05, 3.63) is 71.6 Å².